The highest BCUT2D eigenvalue weighted by molar-refractivity contribution is 5.76. The minimum atomic E-state index is -1.07. The summed E-state index contributed by atoms with van der Waals surface area (Å²) in [7, 11) is 0. The predicted molar refractivity (Wildman–Crippen MR) is 67.4 cm³/mol. The van der Waals surface area contributed by atoms with Gasteiger partial charge in [-0.3, -0.25) is 14.9 Å². The van der Waals surface area contributed by atoms with Crippen molar-refractivity contribution in [1.29, 1.82) is 0 Å². The lowest BCUT2D eigenvalue weighted by Crippen LogP contribution is -2.25. The van der Waals surface area contributed by atoms with E-state index in [1.807, 2.05) is 0 Å². The van der Waals surface area contributed by atoms with Crippen LogP contribution in [0, 0.1) is 15.5 Å². The fraction of sp³-hybridized carbons (Fsp3) is 0.308. The first-order valence-electron chi connectivity index (χ1n) is 5.50. The van der Waals surface area contributed by atoms with E-state index in [9.17, 15) is 14.9 Å². The Labute approximate surface area is 105 Å². The molecule has 0 spiro atoms. The van der Waals surface area contributed by atoms with E-state index >= 15 is 0 Å². The summed E-state index contributed by atoms with van der Waals surface area (Å²) in [5.41, 5.74) is -0.505. The minimum Gasteiger partial charge on any atom is -0.481 e. The van der Waals surface area contributed by atoms with Crippen LogP contribution in [0.2, 0.25) is 0 Å². The number of benzene rings is 1. The van der Waals surface area contributed by atoms with E-state index in [1.165, 1.54) is 12.1 Å². The molecule has 0 aliphatic carbocycles. The van der Waals surface area contributed by atoms with Crippen LogP contribution < -0.4 is 0 Å². The Bertz CT molecular complexity index is 484. The number of nitro benzene ring substituents is 1. The van der Waals surface area contributed by atoms with Gasteiger partial charge in [0.25, 0.3) is 5.69 Å². The van der Waals surface area contributed by atoms with Crippen LogP contribution in [0.3, 0.4) is 0 Å². The van der Waals surface area contributed by atoms with E-state index in [-0.39, 0.29) is 12.1 Å². The molecule has 18 heavy (non-hydrogen) atoms. The van der Waals surface area contributed by atoms with Crippen LogP contribution in [-0.2, 0) is 11.2 Å². The highest BCUT2D eigenvalue weighted by Gasteiger charge is 2.29. The van der Waals surface area contributed by atoms with Gasteiger partial charge >= 0.3 is 5.97 Å². The van der Waals surface area contributed by atoms with E-state index in [2.05, 4.69) is 6.58 Å². The number of nitrogens with zero attached hydrogens (tertiary/aromatic N) is 1. The van der Waals surface area contributed by atoms with Gasteiger partial charge in [-0.15, -0.1) is 6.58 Å². The average Bonchev–Trinajstić information content (AvgIpc) is 2.35. The standard InChI is InChI=1S/C13H15NO4/c1-3-13(2,12(15)16)9-8-10-6-4-5-7-11(10)14(17)18/h3-7H,1,8-9H2,2H3,(H,15,16). The van der Waals surface area contributed by atoms with Gasteiger partial charge in [0, 0.05) is 11.6 Å². The van der Waals surface area contributed by atoms with Gasteiger partial charge in [0.05, 0.1) is 10.3 Å². The molecule has 0 aromatic heterocycles. The van der Waals surface area contributed by atoms with Crippen LogP contribution in [0.25, 0.3) is 0 Å². The average molecular weight is 249 g/mol. The summed E-state index contributed by atoms with van der Waals surface area (Å²) in [5.74, 6) is -0.976. The molecule has 1 atom stereocenters. The first kappa shape index (κ1) is 13.9. The summed E-state index contributed by atoms with van der Waals surface area (Å²) >= 11 is 0. The molecule has 0 heterocycles. The van der Waals surface area contributed by atoms with Crippen molar-refractivity contribution in [3.8, 4) is 0 Å². The molecule has 0 radical (unpaired) electrons. The van der Waals surface area contributed by atoms with Crippen LogP contribution >= 0.6 is 0 Å². The number of carbonyl (C=O) groups is 1. The first-order valence-corrected chi connectivity index (χ1v) is 5.50. The maximum atomic E-state index is 11.1. The molecule has 0 aliphatic rings. The molecule has 1 unspecified atom stereocenters. The number of aliphatic carboxylic acids is 1. The highest BCUT2D eigenvalue weighted by atomic mass is 16.6. The van der Waals surface area contributed by atoms with E-state index in [0.717, 1.165) is 0 Å². The maximum absolute atomic E-state index is 11.1. The molecular formula is C13H15NO4. The molecule has 1 aromatic carbocycles. The Morgan fingerprint density at radius 2 is 2.17 bits per heavy atom. The predicted octanol–water partition coefficient (Wildman–Crippen LogP) is 2.80. The molecule has 0 amide bonds. The minimum absolute atomic E-state index is 0.0225. The SMILES string of the molecule is C=CC(C)(CCc1ccccc1[N+](=O)[O-])C(=O)O. The smallest absolute Gasteiger partial charge is 0.313 e. The van der Waals surface area contributed by atoms with Crippen molar-refractivity contribution in [3.63, 3.8) is 0 Å². The van der Waals surface area contributed by atoms with Crippen molar-refractivity contribution in [1.82, 2.24) is 0 Å². The zero-order valence-electron chi connectivity index (χ0n) is 10.1. The lowest BCUT2D eigenvalue weighted by molar-refractivity contribution is -0.385. The van der Waals surface area contributed by atoms with Gasteiger partial charge in [-0.05, 0) is 19.8 Å². The van der Waals surface area contributed by atoms with E-state index < -0.39 is 16.3 Å². The van der Waals surface area contributed by atoms with Crippen molar-refractivity contribution < 1.29 is 14.8 Å². The Balaban J connectivity index is 2.90. The largest absolute Gasteiger partial charge is 0.481 e. The molecule has 0 fully saturated rings. The van der Waals surface area contributed by atoms with Crippen LogP contribution in [-0.4, -0.2) is 16.0 Å². The Morgan fingerprint density at radius 3 is 2.67 bits per heavy atom. The summed E-state index contributed by atoms with van der Waals surface area (Å²) in [6.07, 6.45) is 1.97. The maximum Gasteiger partial charge on any atom is 0.313 e. The van der Waals surface area contributed by atoms with Gasteiger partial charge in [0.2, 0.25) is 0 Å². The number of carboxylic acid groups (broad SMARTS) is 1. The normalized spacial score (nSPS) is 13.6. The molecule has 1 N–H and O–H groups in total. The lowest BCUT2D eigenvalue weighted by Gasteiger charge is -2.19. The quantitative estimate of drug-likeness (QED) is 0.477. The molecule has 1 aromatic rings. The second kappa shape index (κ2) is 5.44. The lowest BCUT2D eigenvalue weighted by atomic mass is 9.84. The number of rotatable bonds is 6. The van der Waals surface area contributed by atoms with Crippen LogP contribution in [0.15, 0.2) is 36.9 Å². The molecule has 0 bridgehead atoms. The summed E-state index contributed by atoms with van der Waals surface area (Å²) in [6, 6.07) is 6.35. The molecule has 96 valence electrons. The molecule has 1 rings (SSSR count). The van der Waals surface area contributed by atoms with Crippen molar-refractivity contribution in [2.75, 3.05) is 0 Å². The summed E-state index contributed by atoms with van der Waals surface area (Å²) < 4.78 is 0. The van der Waals surface area contributed by atoms with Crippen molar-refractivity contribution in [3.05, 3.63) is 52.6 Å². The Hall–Kier alpha value is -2.17. The molecule has 0 aliphatic heterocycles. The van der Waals surface area contributed by atoms with Gasteiger partial charge in [0.1, 0.15) is 0 Å². The molecule has 0 saturated carbocycles. The van der Waals surface area contributed by atoms with E-state index in [4.69, 9.17) is 5.11 Å². The van der Waals surface area contributed by atoms with Gasteiger partial charge < -0.3 is 5.11 Å². The number of hydrogen-bond donors (Lipinski definition) is 1. The highest BCUT2D eigenvalue weighted by Crippen LogP contribution is 2.28. The van der Waals surface area contributed by atoms with Crippen LogP contribution in [0.4, 0.5) is 5.69 Å². The molecular weight excluding hydrogens is 234 g/mol. The number of carboxylic acids is 1. The first-order chi connectivity index (χ1) is 8.40. The molecule has 5 heteroatoms. The van der Waals surface area contributed by atoms with Gasteiger partial charge in [-0.1, -0.05) is 24.3 Å². The van der Waals surface area contributed by atoms with Gasteiger partial charge in [-0.2, -0.15) is 0 Å². The zero-order valence-corrected chi connectivity index (χ0v) is 10.1. The molecule has 5 nitrogen and oxygen atoms in total. The van der Waals surface area contributed by atoms with Gasteiger partial charge in [0.15, 0.2) is 0 Å². The van der Waals surface area contributed by atoms with Gasteiger partial charge in [-0.25, -0.2) is 0 Å². The van der Waals surface area contributed by atoms with Crippen LogP contribution in [0.1, 0.15) is 18.9 Å². The number of aryl methyl sites for hydroxylation is 1. The summed E-state index contributed by atoms with van der Waals surface area (Å²) in [5, 5.41) is 19.9. The van der Waals surface area contributed by atoms with Crippen molar-refractivity contribution in [2.24, 2.45) is 5.41 Å². The third kappa shape index (κ3) is 2.94. The van der Waals surface area contributed by atoms with E-state index in [0.29, 0.717) is 12.0 Å². The third-order valence-electron chi connectivity index (χ3n) is 3.04. The van der Waals surface area contributed by atoms with Crippen molar-refractivity contribution in [2.45, 2.75) is 19.8 Å². The second-order valence-corrected chi connectivity index (χ2v) is 4.31. The second-order valence-electron chi connectivity index (χ2n) is 4.31. The number of para-hydroxylation sites is 1. The summed E-state index contributed by atoms with van der Waals surface area (Å²) in [4.78, 5) is 21.4. The monoisotopic (exact) mass is 249 g/mol. The number of hydrogen-bond acceptors (Lipinski definition) is 3. The van der Waals surface area contributed by atoms with Crippen LogP contribution in [0.5, 0.6) is 0 Å². The fourth-order valence-corrected chi connectivity index (χ4v) is 1.59. The van der Waals surface area contributed by atoms with Crippen molar-refractivity contribution >= 4 is 11.7 Å². The fourth-order valence-electron chi connectivity index (χ4n) is 1.59. The molecule has 0 saturated heterocycles. The Morgan fingerprint density at radius 1 is 1.56 bits per heavy atom. The Kier molecular flexibility index (Phi) is 4.20. The third-order valence-corrected chi connectivity index (χ3v) is 3.04. The van der Waals surface area contributed by atoms with E-state index in [1.54, 1.807) is 25.1 Å². The topological polar surface area (TPSA) is 80.4 Å². The number of nitro groups is 1. The summed E-state index contributed by atoms with van der Waals surface area (Å²) in [6.45, 7) is 5.06. The zero-order chi connectivity index (χ0) is 13.8.